The van der Waals surface area contributed by atoms with Gasteiger partial charge in [0.1, 0.15) is 0 Å². The zero-order valence-corrected chi connectivity index (χ0v) is 9.06. The Kier molecular flexibility index (Phi) is 4.54. The van der Waals surface area contributed by atoms with Gasteiger partial charge in [0.2, 0.25) is 0 Å². The summed E-state index contributed by atoms with van der Waals surface area (Å²) in [6.45, 7) is 3.94. The van der Waals surface area contributed by atoms with Crippen LogP contribution in [-0.2, 0) is 9.63 Å². The summed E-state index contributed by atoms with van der Waals surface area (Å²) in [7, 11) is 0. The molecule has 3 nitrogen and oxygen atoms in total. The van der Waals surface area contributed by atoms with Crippen LogP contribution in [0.15, 0.2) is 29.4 Å². The predicted octanol–water partition coefficient (Wildman–Crippen LogP) is 2.67. The quantitative estimate of drug-likeness (QED) is 0.430. The molecule has 1 aromatic carbocycles. The molecule has 0 radical (unpaired) electrons. The normalized spacial score (nSPS) is 10.5. The minimum absolute atomic E-state index is 0.291. The fourth-order valence-corrected chi connectivity index (χ4v) is 1.05. The van der Waals surface area contributed by atoms with E-state index in [-0.39, 0.29) is 5.97 Å². The van der Waals surface area contributed by atoms with Gasteiger partial charge >= 0.3 is 5.97 Å². The molecular weight excluding hydrogens is 190 g/mol. The van der Waals surface area contributed by atoms with Gasteiger partial charge in [-0.05, 0) is 18.9 Å². The van der Waals surface area contributed by atoms with Crippen LogP contribution in [0, 0.1) is 6.92 Å². The third-order valence-electron chi connectivity index (χ3n) is 1.89. The average Bonchev–Trinajstić information content (AvgIpc) is 2.21. The molecule has 0 heterocycles. The monoisotopic (exact) mass is 205 g/mol. The number of benzene rings is 1. The molecule has 80 valence electrons. The maximum atomic E-state index is 11.0. The van der Waals surface area contributed by atoms with Gasteiger partial charge < -0.3 is 4.84 Å². The molecule has 0 fully saturated rings. The highest BCUT2D eigenvalue weighted by molar-refractivity contribution is 5.80. The van der Waals surface area contributed by atoms with E-state index < -0.39 is 0 Å². The number of rotatable bonds is 4. The maximum absolute atomic E-state index is 11.0. The second-order valence-electron chi connectivity index (χ2n) is 3.36. The number of nitrogens with zero attached hydrogens (tertiary/aromatic N) is 1. The van der Waals surface area contributed by atoms with E-state index in [0.29, 0.717) is 6.42 Å². The van der Waals surface area contributed by atoms with Crippen LogP contribution in [0.4, 0.5) is 0 Å². The molecule has 0 aliphatic rings. The van der Waals surface area contributed by atoms with Crippen molar-refractivity contribution >= 4 is 12.2 Å². The highest BCUT2D eigenvalue weighted by Gasteiger charge is 1.97. The molecule has 3 heteroatoms. The van der Waals surface area contributed by atoms with E-state index in [1.54, 1.807) is 0 Å². The zero-order chi connectivity index (χ0) is 11.1. The minimum atomic E-state index is -0.291. The molecule has 1 rings (SSSR count). The minimum Gasteiger partial charge on any atom is -0.318 e. The van der Waals surface area contributed by atoms with Gasteiger partial charge in [-0.1, -0.05) is 41.9 Å². The van der Waals surface area contributed by atoms with Crippen molar-refractivity contribution in [1.29, 1.82) is 0 Å². The smallest absolute Gasteiger partial charge is 0.318 e. The Labute approximate surface area is 89.7 Å². The fourth-order valence-electron chi connectivity index (χ4n) is 1.05. The molecule has 15 heavy (non-hydrogen) atoms. The van der Waals surface area contributed by atoms with Crippen LogP contribution in [0.25, 0.3) is 0 Å². The molecule has 0 spiro atoms. The van der Waals surface area contributed by atoms with Crippen molar-refractivity contribution in [2.45, 2.75) is 26.7 Å². The van der Waals surface area contributed by atoms with Crippen molar-refractivity contribution < 1.29 is 9.63 Å². The van der Waals surface area contributed by atoms with E-state index in [2.05, 4.69) is 9.99 Å². The molecule has 1 aromatic rings. The largest absolute Gasteiger partial charge is 0.335 e. The van der Waals surface area contributed by atoms with Gasteiger partial charge in [0, 0.05) is 6.42 Å². The Balaban J connectivity index is 2.44. The summed E-state index contributed by atoms with van der Waals surface area (Å²) >= 11 is 0. The van der Waals surface area contributed by atoms with E-state index in [9.17, 15) is 4.79 Å². The molecule has 0 bridgehead atoms. The lowest BCUT2D eigenvalue weighted by Gasteiger charge is -1.95. The molecule has 0 saturated carbocycles. The highest BCUT2D eigenvalue weighted by atomic mass is 16.7. The van der Waals surface area contributed by atoms with Gasteiger partial charge in [0.15, 0.2) is 0 Å². The predicted molar refractivity (Wildman–Crippen MR) is 59.8 cm³/mol. The number of hydrogen-bond acceptors (Lipinski definition) is 3. The van der Waals surface area contributed by atoms with Crippen molar-refractivity contribution in [3.63, 3.8) is 0 Å². The summed E-state index contributed by atoms with van der Waals surface area (Å²) in [6, 6.07) is 7.81. The molecule has 0 N–H and O–H groups in total. The second-order valence-corrected chi connectivity index (χ2v) is 3.36. The highest BCUT2D eigenvalue weighted by Crippen LogP contribution is 2.00. The molecule has 0 amide bonds. The van der Waals surface area contributed by atoms with Crippen molar-refractivity contribution in [2.24, 2.45) is 5.16 Å². The first-order valence-electron chi connectivity index (χ1n) is 5.02. The van der Waals surface area contributed by atoms with E-state index in [1.807, 2.05) is 38.1 Å². The van der Waals surface area contributed by atoms with Crippen LogP contribution in [0.2, 0.25) is 0 Å². The van der Waals surface area contributed by atoms with Crippen LogP contribution in [0.5, 0.6) is 0 Å². The van der Waals surface area contributed by atoms with Crippen molar-refractivity contribution in [2.75, 3.05) is 0 Å². The molecular formula is C12H15NO2. The second kappa shape index (κ2) is 5.96. The summed E-state index contributed by atoms with van der Waals surface area (Å²) in [6.07, 6.45) is 2.72. The number of aryl methyl sites for hydroxylation is 1. The lowest BCUT2D eigenvalue weighted by Crippen LogP contribution is -1.98. The van der Waals surface area contributed by atoms with Gasteiger partial charge in [-0.15, -0.1) is 0 Å². The Morgan fingerprint density at radius 1 is 1.40 bits per heavy atom. The number of hydrogen-bond donors (Lipinski definition) is 0. The van der Waals surface area contributed by atoms with E-state index in [4.69, 9.17) is 0 Å². The topological polar surface area (TPSA) is 38.7 Å². The first-order chi connectivity index (χ1) is 7.22. The van der Waals surface area contributed by atoms with Crippen LogP contribution in [-0.4, -0.2) is 12.2 Å². The van der Waals surface area contributed by atoms with E-state index >= 15 is 0 Å². The summed E-state index contributed by atoms with van der Waals surface area (Å²) in [4.78, 5) is 15.6. The molecule has 0 aliphatic carbocycles. The molecule has 0 atom stereocenters. The summed E-state index contributed by atoms with van der Waals surface area (Å²) < 4.78 is 0. The number of carbonyl (C=O) groups excluding carboxylic acids is 1. The van der Waals surface area contributed by atoms with Crippen LogP contribution < -0.4 is 0 Å². The zero-order valence-electron chi connectivity index (χ0n) is 9.06. The van der Waals surface area contributed by atoms with E-state index in [0.717, 1.165) is 12.0 Å². The average molecular weight is 205 g/mol. The molecule has 0 saturated heterocycles. The number of carbonyl (C=O) groups is 1. The van der Waals surface area contributed by atoms with Crippen LogP contribution >= 0.6 is 0 Å². The van der Waals surface area contributed by atoms with Crippen molar-refractivity contribution in [3.05, 3.63) is 35.4 Å². The van der Waals surface area contributed by atoms with Crippen LogP contribution in [0.1, 0.15) is 30.9 Å². The maximum Gasteiger partial charge on any atom is 0.335 e. The third-order valence-corrected chi connectivity index (χ3v) is 1.89. The molecule has 0 unspecified atom stereocenters. The summed E-state index contributed by atoms with van der Waals surface area (Å²) in [5.74, 6) is -0.291. The van der Waals surface area contributed by atoms with E-state index in [1.165, 1.54) is 11.8 Å². The van der Waals surface area contributed by atoms with Gasteiger partial charge in [-0.25, -0.2) is 4.79 Å². The van der Waals surface area contributed by atoms with Crippen LogP contribution in [0.3, 0.4) is 0 Å². The Bertz CT molecular complexity index is 341. The van der Waals surface area contributed by atoms with Crippen molar-refractivity contribution in [1.82, 2.24) is 0 Å². The molecule has 0 aliphatic heterocycles. The van der Waals surface area contributed by atoms with Gasteiger partial charge in [0.25, 0.3) is 0 Å². The van der Waals surface area contributed by atoms with Gasteiger partial charge in [0.05, 0.1) is 6.21 Å². The number of oxime groups is 1. The first kappa shape index (κ1) is 11.4. The molecule has 0 aromatic heterocycles. The Hall–Kier alpha value is -1.64. The first-order valence-corrected chi connectivity index (χ1v) is 5.02. The van der Waals surface area contributed by atoms with Gasteiger partial charge in [-0.2, -0.15) is 0 Å². The Morgan fingerprint density at radius 2 is 2.07 bits per heavy atom. The lowest BCUT2D eigenvalue weighted by molar-refractivity contribution is -0.143. The SMILES string of the molecule is CCCC(=O)O/N=C\c1ccc(C)cc1. The third kappa shape index (κ3) is 4.40. The fraction of sp³-hybridized carbons (Fsp3) is 0.333. The Morgan fingerprint density at radius 3 is 2.67 bits per heavy atom. The van der Waals surface area contributed by atoms with Gasteiger partial charge in [-0.3, -0.25) is 0 Å². The lowest BCUT2D eigenvalue weighted by atomic mass is 10.2. The summed E-state index contributed by atoms with van der Waals surface area (Å²) in [5, 5.41) is 3.62. The van der Waals surface area contributed by atoms with Crippen molar-refractivity contribution in [3.8, 4) is 0 Å². The summed E-state index contributed by atoms with van der Waals surface area (Å²) in [5.41, 5.74) is 2.11. The standard InChI is InChI=1S/C12H15NO2/c1-3-4-12(14)15-13-9-11-7-5-10(2)6-8-11/h5-9H,3-4H2,1-2H3/b13-9-.